The predicted molar refractivity (Wildman–Crippen MR) is 123 cm³/mol. The van der Waals surface area contributed by atoms with E-state index in [2.05, 4.69) is 20.9 Å². The van der Waals surface area contributed by atoms with Gasteiger partial charge >= 0.3 is 0 Å². The lowest BCUT2D eigenvalue weighted by Crippen LogP contribution is -2.54. The van der Waals surface area contributed by atoms with Crippen LogP contribution in [-0.2, 0) is 19.6 Å². The van der Waals surface area contributed by atoms with E-state index in [9.17, 15) is 22.8 Å². The van der Waals surface area contributed by atoms with Gasteiger partial charge in [-0.25, -0.2) is 8.42 Å². The first-order chi connectivity index (χ1) is 15.5. The highest BCUT2D eigenvalue weighted by molar-refractivity contribution is 7.92. The van der Waals surface area contributed by atoms with E-state index in [1.165, 1.54) is 32.2 Å². The number of nitrogens with one attached hydrogen (secondary N) is 4. The molecule has 3 amide bonds. The molecule has 0 aromatic heterocycles. The minimum atomic E-state index is -4.18. The summed E-state index contributed by atoms with van der Waals surface area (Å²) in [5.74, 6) is -1.75. The highest BCUT2D eigenvalue weighted by Crippen LogP contribution is 2.29. The molecular weight excluding hydrogens is 472 g/mol. The van der Waals surface area contributed by atoms with Crippen molar-refractivity contribution in [3.63, 3.8) is 0 Å². The number of hydrogen-bond donors (Lipinski definition) is 4. The van der Waals surface area contributed by atoms with Gasteiger partial charge in [0.25, 0.3) is 21.8 Å². The lowest BCUT2D eigenvalue weighted by atomic mass is 10.0. The Morgan fingerprint density at radius 3 is 2.30 bits per heavy atom. The van der Waals surface area contributed by atoms with Crippen molar-refractivity contribution in [2.75, 3.05) is 11.8 Å². The number of sulfonamides is 1. The van der Waals surface area contributed by atoms with Crippen molar-refractivity contribution in [1.29, 1.82) is 0 Å². The molecule has 33 heavy (non-hydrogen) atoms. The van der Waals surface area contributed by atoms with Crippen LogP contribution in [0.3, 0.4) is 0 Å². The van der Waals surface area contributed by atoms with Crippen LogP contribution in [0.2, 0.25) is 5.02 Å². The quantitative estimate of drug-likeness (QED) is 0.412. The molecule has 1 atom stereocenters. The van der Waals surface area contributed by atoms with Crippen molar-refractivity contribution < 1.29 is 27.5 Å². The van der Waals surface area contributed by atoms with Gasteiger partial charge in [-0.3, -0.25) is 30.0 Å². The van der Waals surface area contributed by atoms with Gasteiger partial charge in [-0.1, -0.05) is 37.6 Å². The van der Waals surface area contributed by atoms with Crippen LogP contribution in [0.4, 0.5) is 5.69 Å². The maximum atomic E-state index is 12.9. The predicted octanol–water partition coefficient (Wildman–Crippen LogP) is 2.07. The van der Waals surface area contributed by atoms with Crippen LogP contribution in [0, 0.1) is 5.92 Å². The summed E-state index contributed by atoms with van der Waals surface area (Å²) >= 11 is 6.09. The highest BCUT2D eigenvalue weighted by atomic mass is 35.5. The number of carbonyl (C=O) groups excluding carboxylic acids is 3. The minimum absolute atomic E-state index is 0.0688. The Labute approximate surface area is 197 Å². The van der Waals surface area contributed by atoms with Crippen molar-refractivity contribution in [3.8, 4) is 5.75 Å². The number of rotatable bonds is 8. The van der Waals surface area contributed by atoms with Crippen molar-refractivity contribution >= 4 is 45.0 Å². The maximum Gasteiger partial charge on any atom is 0.269 e. The van der Waals surface area contributed by atoms with Gasteiger partial charge in [0.2, 0.25) is 5.91 Å². The Hall–Kier alpha value is -3.31. The number of amides is 3. The summed E-state index contributed by atoms with van der Waals surface area (Å²) < 4.78 is 33.3. The maximum absolute atomic E-state index is 12.9. The van der Waals surface area contributed by atoms with E-state index in [-0.39, 0.29) is 27.1 Å². The number of hydrazine groups is 1. The van der Waals surface area contributed by atoms with Crippen molar-refractivity contribution in [2.24, 2.45) is 5.92 Å². The number of methoxy groups -OCH3 is 1. The molecule has 0 aliphatic heterocycles. The standard InChI is InChI=1S/C21H25ClN4O6S/c1-12(2)19(23-13(3)27)21(29)25-24-20(28)14-9-10-15(22)18(11-14)33(30,31)26-16-7-5-6-8-17(16)32-4/h5-12,19,26H,1-4H3,(H,23,27)(H,24,28)(H,25,29). The van der Waals surface area contributed by atoms with Gasteiger partial charge in [0.1, 0.15) is 16.7 Å². The molecule has 0 saturated carbocycles. The summed E-state index contributed by atoms with van der Waals surface area (Å²) in [6.45, 7) is 4.73. The second-order valence-electron chi connectivity index (χ2n) is 7.32. The lowest BCUT2D eigenvalue weighted by Gasteiger charge is -2.21. The van der Waals surface area contributed by atoms with Gasteiger partial charge in [-0.2, -0.15) is 0 Å². The summed E-state index contributed by atoms with van der Waals surface area (Å²) in [6, 6.07) is 9.17. The fourth-order valence-corrected chi connectivity index (χ4v) is 4.40. The molecule has 0 aliphatic carbocycles. The number of para-hydroxylation sites is 2. The normalized spacial score (nSPS) is 11.9. The number of carbonyl (C=O) groups is 3. The van der Waals surface area contributed by atoms with E-state index in [1.807, 2.05) is 0 Å². The second-order valence-corrected chi connectivity index (χ2v) is 9.37. The average Bonchev–Trinajstić information content (AvgIpc) is 2.75. The van der Waals surface area contributed by atoms with Crippen LogP contribution >= 0.6 is 11.6 Å². The van der Waals surface area contributed by atoms with E-state index >= 15 is 0 Å². The molecule has 12 heteroatoms. The molecule has 0 aliphatic rings. The zero-order chi connectivity index (χ0) is 24.8. The van der Waals surface area contributed by atoms with Crippen molar-refractivity contribution in [1.82, 2.24) is 16.2 Å². The SMILES string of the molecule is COc1ccccc1NS(=O)(=O)c1cc(C(=O)NNC(=O)C(NC(C)=O)C(C)C)ccc1Cl. The molecule has 1 unspecified atom stereocenters. The molecule has 0 saturated heterocycles. The number of anilines is 1. The zero-order valence-corrected chi connectivity index (χ0v) is 20.0. The topological polar surface area (TPSA) is 143 Å². The number of hydrogen-bond acceptors (Lipinski definition) is 6. The largest absolute Gasteiger partial charge is 0.495 e. The molecular formula is C21H25ClN4O6S. The molecule has 4 N–H and O–H groups in total. The number of benzene rings is 2. The van der Waals surface area contributed by atoms with Crippen molar-refractivity contribution in [3.05, 3.63) is 53.1 Å². The molecule has 2 aromatic rings. The minimum Gasteiger partial charge on any atom is -0.495 e. The fraction of sp³-hybridized carbons (Fsp3) is 0.286. The first kappa shape index (κ1) is 25.9. The Kier molecular flexibility index (Phi) is 8.66. The molecule has 0 radical (unpaired) electrons. The zero-order valence-electron chi connectivity index (χ0n) is 18.4. The van der Waals surface area contributed by atoms with Gasteiger partial charge in [0.05, 0.1) is 17.8 Å². The Morgan fingerprint density at radius 1 is 1.03 bits per heavy atom. The molecule has 0 bridgehead atoms. The van der Waals surface area contributed by atoms with E-state index in [4.69, 9.17) is 16.3 Å². The Balaban J connectivity index is 2.21. The van der Waals surface area contributed by atoms with Crippen LogP contribution in [0.1, 0.15) is 31.1 Å². The van der Waals surface area contributed by atoms with Gasteiger partial charge < -0.3 is 10.1 Å². The number of ether oxygens (including phenoxy) is 1. The molecule has 10 nitrogen and oxygen atoms in total. The van der Waals surface area contributed by atoms with E-state index in [0.717, 1.165) is 6.07 Å². The average molecular weight is 497 g/mol. The first-order valence-electron chi connectivity index (χ1n) is 9.79. The van der Waals surface area contributed by atoms with Crippen LogP contribution in [-0.4, -0.2) is 39.3 Å². The third-order valence-corrected chi connectivity index (χ3v) is 6.29. The van der Waals surface area contributed by atoms with E-state index in [1.54, 1.807) is 32.0 Å². The van der Waals surface area contributed by atoms with E-state index in [0.29, 0.717) is 5.75 Å². The third-order valence-electron chi connectivity index (χ3n) is 4.44. The first-order valence-corrected chi connectivity index (χ1v) is 11.6. The molecule has 0 heterocycles. The second kappa shape index (κ2) is 11.0. The fourth-order valence-electron chi connectivity index (χ4n) is 2.80. The van der Waals surface area contributed by atoms with Crippen LogP contribution in [0.25, 0.3) is 0 Å². The van der Waals surface area contributed by atoms with Gasteiger partial charge in [-0.05, 0) is 36.2 Å². The van der Waals surface area contributed by atoms with Gasteiger partial charge in [0, 0.05) is 12.5 Å². The van der Waals surface area contributed by atoms with Crippen LogP contribution < -0.4 is 25.6 Å². The Bertz CT molecular complexity index is 1150. The summed E-state index contributed by atoms with van der Waals surface area (Å²) in [5.41, 5.74) is 4.55. The molecule has 2 rings (SSSR count). The summed E-state index contributed by atoms with van der Waals surface area (Å²) in [6.07, 6.45) is 0. The summed E-state index contributed by atoms with van der Waals surface area (Å²) in [4.78, 5) is 35.8. The molecule has 0 fully saturated rings. The number of halogens is 1. The van der Waals surface area contributed by atoms with Gasteiger partial charge in [0.15, 0.2) is 0 Å². The van der Waals surface area contributed by atoms with Crippen LogP contribution in [0.15, 0.2) is 47.4 Å². The highest BCUT2D eigenvalue weighted by Gasteiger charge is 2.25. The molecule has 2 aromatic carbocycles. The van der Waals surface area contributed by atoms with Gasteiger partial charge in [-0.15, -0.1) is 0 Å². The van der Waals surface area contributed by atoms with E-state index < -0.39 is 33.8 Å². The monoisotopic (exact) mass is 496 g/mol. The molecule has 178 valence electrons. The van der Waals surface area contributed by atoms with Crippen molar-refractivity contribution in [2.45, 2.75) is 31.7 Å². The summed E-state index contributed by atoms with van der Waals surface area (Å²) in [7, 11) is -2.78. The smallest absolute Gasteiger partial charge is 0.269 e. The lowest BCUT2D eigenvalue weighted by molar-refractivity contribution is -0.129. The third kappa shape index (κ3) is 6.83. The molecule has 0 spiro atoms. The van der Waals surface area contributed by atoms with Crippen LogP contribution in [0.5, 0.6) is 5.75 Å². The summed E-state index contributed by atoms with van der Waals surface area (Å²) in [5, 5.41) is 2.39. The Morgan fingerprint density at radius 2 is 1.70 bits per heavy atom.